The van der Waals surface area contributed by atoms with Gasteiger partial charge in [-0.3, -0.25) is 4.79 Å². The maximum atomic E-state index is 12.5. The third-order valence-corrected chi connectivity index (χ3v) is 6.93. The van der Waals surface area contributed by atoms with E-state index in [9.17, 15) is 19.5 Å². The van der Waals surface area contributed by atoms with Crippen molar-refractivity contribution in [2.24, 2.45) is 11.8 Å². The van der Waals surface area contributed by atoms with Crippen LogP contribution in [0.4, 0.5) is 4.79 Å². The van der Waals surface area contributed by atoms with Crippen LogP contribution in [0.5, 0.6) is 0 Å². The number of hydrogen-bond donors (Lipinski definition) is 3. The fourth-order valence-electron chi connectivity index (χ4n) is 5.21. The zero-order chi connectivity index (χ0) is 24.2. The topological polar surface area (TPSA) is 105 Å². The zero-order valence-electron chi connectivity index (χ0n) is 19.6. The Kier molecular flexibility index (Phi) is 7.20. The lowest BCUT2D eigenvalue weighted by Gasteiger charge is -2.19. The average Bonchev–Trinajstić information content (AvgIpc) is 3.37. The molecule has 2 aliphatic rings. The summed E-state index contributed by atoms with van der Waals surface area (Å²) < 4.78 is 5.63. The highest BCUT2D eigenvalue weighted by atomic mass is 16.5. The van der Waals surface area contributed by atoms with Crippen molar-refractivity contribution in [1.82, 2.24) is 10.6 Å². The van der Waals surface area contributed by atoms with Crippen molar-refractivity contribution >= 4 is 18.0 Å². The molecule has 7 nitrogen and oxygen atoms in total. The highest BCUT2D eigenvalue weighted by Crippen LogP contribution is 2.44. The number of carbonyl (C=O) groups is 3. The van der Waals surface area contributed by atoms with Crippen LogP contribution in [-0.4, -0.2) is 41.8 Å². The van der Waals surface area contributed by atoms with Crippen molar-refractivity contribution in [1.29, 1.82) is 0 Å². The third kappa shape index (κ3) is 5.24. The third-order valence-electron chi connectivity index (χ3n) is 6.93. The van der Waals surface area contributed by atoms with Crippen molar-refractivity contribution in [3.8, 4) is 11.1 Å². The summed E-state index contributed by atoms with van der Waals surface area (Å²) in [5, 5.41) is 14.8. The molecule has 0 bridgehead atoms. The molecular weight excluding hydrogens is 432 g/mol. The standard InChI is InChI=1S/C27H32N2O5/c1-16(2)25(26(31)32)29-24(30)14-17-11-12-18(13-17)28-27(33)34-15-23-21-9-5-3-7-19(21)20-8-4-6-10-22(20)23/h3-10,16-18,23,25H,11-15H2,1-2H3,(H,28,33)(H,29,30)(H,31,32). The van der Waals surface area contributed by atoms with Crippen molar-refractivity contribution in [2.75, 3.05) is 6.61 Å². The van der Waals surface area contributed by atoms with E-state index in [0.717, 1.165) is 12.8 Å². The number of fused-ring (bicyclic) bond motifs is 3. The number of benzene rings is 2. The van der Waals surface area contributed by atoms with Crippen LogP contribution in [0.25, 0.3) is 11.1 Å². The van der Waals surface area contributed by atoms with Gasteiger partial charge in [-0.2, -0.15) is 0 Å². The molecule has 0 spiro atoms. The predicted molar refractivity (Wildman–Crippen MR) is 128 cm³/mol. The van der Waals surface area contributed by atoms with Gasteiger partial charge in [0.05, 0.1) is 0 Å². The second-order valence-corrected chi connectivity index (χ2v) is 9.68. The van der Waals surface area contributed by atoms with E-state index < -0.39 is 18.1 Å². The second-order valence-electron chi connectivity index (χ2n) is 9.68. The van der Waals surface area contributed by atoms with Crippen molar-refractivity contribution in [3.05, 3.63) is 59.7 Å². The molecule has 2 aliphatic carbocycles. The molecule has 3 N–H and O–H groups in total. The van der Waals surface area contributed by atoms with E-state index in [1.54, 1.807) is 13.8 Å². The van der Waals surface area contributed by atoms with E-state index in [0.29, 0.717) is 6.42 Å². The van der Waals surface area contributed by atoms with Crippen molar-refractivity contribution in [3.63, 3.8) is 0 Å². The van der Waals surface area contributed by atoms with Gasteiger partial charge in [0.1, 0.15) is 12.6 Å². The number of aliphatic carboxylic acids is 1. The summed E-state index contributed by atoms with van der Waals surface area (Å²) in [5.74, 6) is -1.34. The van der Waals surface area contributed by atoms with Gasteiger partial charge in [0.15, 0.2) is 0 Å². The van der Waals surface area contributed by atoms with Gasteiger partial charge in [0.2, 0.25) is 5.91 Å². The molecule has 0 radical (unpaired) electrons. The molecule has 0 heterocycles. The highest BCUT2D eigenvalue weighted by Gasteiger charge is 2.32. The lowest BCUT2D eigenvalue weighted by molar-refractivity contribution is -0.143. The van der Waals surface area contributed by atoms with Crippen molar-refractivity contribution in [2.45, 2.75) is 57.5 Å². The van der Waals surface area contributed by atoms with E-state index in [1.807, 2.05) is 24.3 Å². The predicted octanol–water partition coefficient (Wildman–Crippen LogP) is 4.31. The minimum atomic E-state index is -1.02. The SMILES string of the molecule is CC(C)C(NC(=O)CC1CCC(NC(=O)OCC2c3ccccc3-c3ccccc32)C1)C(=O)O. The van der Waals surface area contributed by atoms with Gasteiger partial charge in [-0.1, -0.05) is 62.4 Å². The van der Waals surface area contributed by atoms with Gasteiger partial charge < -0.3 is 20.5 Å². The van der Waals surface area contributed by atoms with Gasteiger partial charge in [0, 0.05) is 18.4 Å². The summed E-state index contributed by atoms with van der Waals surface area (Å²) in [4.78, 5) is 36.1. The lowest BCUT2D eigenvalue weighted by Crippen LogP contribution is -2.44. The first-order valence-corrected chi connectivity index (χ1v) is 12.0. The molecule has 180 valence electrons. The van der Waals surface area contributed by atoms with Crippen LogP contribution in [0.3, 0.4) is 0 Å². The van der Waals surface area contributed by atoms with E-state index in [1.165, 1.54) is 22.3 Å². The molecule has 2 aromatic carbocycles. The molecule has 0 aromatic heterocycles. The highest BCUT2D eigenvalue weighted by molar-refractivity contribution is 5.84. The van der Waals surface area contributed by atoms with E-state index >= 15 is 0 Å². The largest absolute Gasteiger partial charge is 0.480 e. The Balaban J connectivity index is 1.26. The Morgan fingerprint density at radius 2 is 1.62 bits per heavy atom. The van der Waals surface area contributed by atoms with Gasteiger partial charge in [-0.15, -0.1) is 0 Å². The Bertz CT molecular complexity index is 1020. The number of rotatable bonds is 8. The quantitative estimate of drug-likeness (QED) is 0.540. The first kappa shape index (κ1) is 23.8. The molecule has 1 fully saturated rings. The number of amides is 2. The zero-order valence-corrected chi connectivity index (χ0v) is 19.6. The number of carbonyl (C=O) groups excluding carboxylic acids is 2. The Morgan fingerprint density at radius 3 is 2.21 bits per heavy atom. The molecule has 1 saturated carbocycles. The molecule has 2 amide bonds. The van der Waals surface area contributed by atoms with Crippen LogP contribution in [0, 0.1) is 11.8 Å². The Labute approximate surface area is 199 Å². The van der Waals surface area contributed by atoms with E-state index in [-0.39, 0.29) is 42.7 Å². The smallest absolute Gasteiger partial charge is 0.407 e. The van der Waals surface area contributed by atoms with Crippen LogP contribution >= 0.6 is 0 Å². The fourth-order valence-corrected chi connectivity index (χ4v) is 5.21. The number of ether oxygens (including phenoxy) is 1. The first-order chi connectivity index (χ1) is 16.3. The molecular formula is C27H32N2O5. The summed E-state index contributed by atoms with van der Waals surface area (Å²) in [7, 11) is 0. The molecule has 7 heteroatoms. The fraction of sp³-hybridized carbons (Fsp3) is 0.444. The van der Waals surface area contributed by atoms with Crippen molar-refractivity contribution < 1.29 is 24.2 Å². The van der Waals surface area contributed by atoms with Crippen LogP contribution < -0.4 is 10.6 Å². The summed E-state index contributed by atoms with van der Waals surface area (Å²) in [5.41, 5.74) is 4.72. The van der Waals surface area contributed by atoms with Gasteiger partial charge >= 0.3 is 12.1 Å². The summed E-state index contributed by atoms with van der Waals surface area (Å²) in [6.45, 7) is 3.80. The van der Waals surface area contributed by atoms with E-state index in [2.05, 4.69) is 34.9 Å². The lowest BCUT2D eigenvalue weighted by atomic mass is 9.98. The maximum absolute atomic E-state index is 12.5. The number of nitrogens with one attached hydrogen (secondary N) is 2. The monoisotopic (exact) mass is 464 g/mol. The molecule has 4 rings (SSSR count). The molecule has 3 unspecified atom stereocenters. The summed E-state index contributed by atoms with van der Waals surface area (Å²) in [6.07, 6.45) is 2.08. The first-order valence-electron chi connectivity index (χ1n) is 12.0. The maximum Gasteiger partial charge on any atom is 0.407 e. The van der Waals surface area contributed by atoms with Crippen LogP contribution in [-0.2, 0) is 14.3 Å². The average molecular weight is 465 g/mol. The van der Waals surface area contributed by atoms with Gasteiger partial charge in [0.25, 0.3) is 0 Å². The number of carboxylic acids is 1. The summed E-state index contributed by atoms with van der Waals surface area (Å²) >= 11 is 0. The number of hydrogen-bond acceptors (Lipinski definition) is 4. The molecule has 0 saturated heterocycles. The van der Waals surface area contributed by atoms with Gasteiger partial charge in [-0.25, -0.2) is 9.59 Å². The van der Waals surface area contributed by atoms with Crippen LogP contribution in [0.1, 0.15) is 56.6 Å². The van der Waals surface area contributed by atoms with Crippen LogP contribution in [0.2, 0.25) is 0 Å². The minimum absolute atomic E-state index is 0.0151. The number of carboxylic acid groups (broad SMARTS) is 1. The van der Waals surface area contributed by atoms with Gasteiger partial charge in [-0.05, 0) is 53.4 Å². The molecule has 2 aromatic rings. The van der Waals surface area contributed by atoms with E-state index in [4.69, 9.17) is 4.74 Å². The number of alkyl carbamates (subject to hydrolysis) is 1. The summed E-state index contributed by atoms with van der Waals surface area (Å²) in [6, 6.07) is 15.5. The normalized spacial score (nSPS) is 19.9. The molecule has 3 atom stereocenters. The Morgan fingerprint density at radius 1 is 1.00 bits per heavy atom. The minimum Gasteiger partial charge on any atom is -0.480 e. The Hall–Kier alpha value is -3.35. The van der Waals surface area contributed by atoms with Crippen LogP contribution in [0.15, 0.2) is 48.5 Å². The molecule has 34 heavy (non-hydrogen) atoms. The second kappa shape index (κ2) is 10.3. The molecule has 0 aliphatic heterocycles.